The first-order chi connectivity index (χ1) is 12.7. The molecular formula is C19H18F3NO3S. The maximum absolute atomic E-state index is 12.9. The Labute approximate surface area is 155 Å². The van der Waals surface area contributed by atoms with E-state index >= 15 is 0 Å². The smallest absolute Gasteiger partial charge is 0.361 e. The molecule has 1 aliphatic carbocycles. The third kappa shape index (κ3) is 3.09. The number of carbonyl (C=O) groups excluding carboxylic acids is 1. The molecule has 1 unspecified atom stereocenters. The van der Waals surface area contributed by atoms with E-state index in [1.54, 1.807) is 0 Å². The molecule has 0 saturated carbocycles. The molecule has 0 fully saturated rings. The van der Waals surface area contributed by atoms with Crippen LogP contribution in [0.15, 0.2) is 46.1 Å². The van der Waals surface area contributed by atoms with Crippen LogP contribution in [0.3, 0.4) is 0 Å². The number of nitrogens with one attached hydrogen (secondary N) is 1. The second kappa shape index (κ2) is 6.22. The Morgan fingerprint density at radius 3 is 2.30 bits per heavy atom. The van der Waals surface area contributed by atoms with Crippen molar-refractivity contribution in [1.82, 2.24) is 5.32 Å². The minimum Gasteiger partial charge on any atom is -0.361 e. The minimum absolute atomic E-state index is 0.0124. The normalized spacial score (nSPS) is 25.0. The summed E-state index contributed by atoms with van der Waals surface area (Å²) in [5, 5.41) is 3.16. The van der Waals surface area contributed by atoms with Gasteiger partial charge in [-0.25, -0.2) is 8.42 Å². The van der Waals surface area contributed by atoms with Crippen LogP contribution in [0.25, 0.3) is 0 Å². The fourth-order valence-electron chi connectivity index (χ4n) is 4.16. The van der Waals surface area contributed by atoms with Gasteiger partial charge in [-0.15, -0.1) is 0 Å². The number of Topliss-reactive ketones (excluding diaryl/α,β-unsaturated/α-hetero) is 1. The predicted molar refractivity (Wildman–Crippen MR) is 93.3 cm³/mol. The molecule has 1 aromatic carbocycles. The van der Waals surface area contributed by atoms with Crippen LogP contribution in [0.2, 0.25) is 0 Å². The lowest BCUT2D eigenvalue weighted by Crippen LogP contribution is -2.37. The number of benzene rings is 1. The van der Waals surface area contributed by atoms with Gasteiger partial charge in [-0.1, -0.05) is 12.1 Å². The predicted octanol–water partition coefficient (Wildman–Crippen LogP) is 3.82. The summed E-state index contributed by atoms with van der Waals surface area (Å²) in [7, 11) is -3.58. The van der Waals surface area contributed by atoms with Crippen molar-refractivity contribution in [2.45, 2.75) is 44.2 Å². The van der Waals surface area contributed by atoms with Crippen LogP contribution in [0.1, 0.15) is 49.1 Å². The molecule has 0 aromatic heterocycles. The van der Waals surface area contributed by atoms with Crippen molar-refractivity contribution >= 4 is 15.6 Å². The quantitative estimate of drug-likeness (QED) is 0.783. The second-order valence-electron chi connectivity index (χ2n) is 7.11. The van der Waals surface area contributed by atoms with Crippen LogP contribution >= 0.6 is 0 Å². The molecule has 3 aliphatic rings. The van der Waals surface area contributed by atoms with E-state index in [2.05, 4.69) is 5.32 Å². The van der Waals surface area contributed by atoms with Crippen molar-refractivity contribution in [3.63, 3.8) is 0 Å². The molecule has 1 N–H and O–H groups in total. The molecule has 2 heterocycles. The van der Waals surface area contributed by atoms with Gasteiger partial charge in [0.15, 0.2) is 15.6 Å². The SMILES string of the molecule is O=C1CCCC2=C1C(c1ccc(C(F)(F)F)cc1)C1=C(CCCS1(=O)=O)N2. The lowest BCUT2D eigenvalue weighted by atomic mass is 9.79. The molecule has 0 saturated heterocycles. The molecule has 4 nitrogen and oxygen atoms in total. The summed E-state index contributed by atoms with van der Waals surface area (Å²) in [6.45, 7) is 0. The van der Waals surface area contributed by atoms with E-state index < -0.39 is 27.5 Å². The van der Waals surface area contributed by atoms with Crippen molar-refractivity contribution in [3.05, 3.63) is 57.3 Å². The summed E-state index contributed by atoms with van der Waals surface area (Å²) < 4.78 is 64.3. The molecule has 0 amide bonds. The molecular weight excluding hydrogens is 379 g/mol. The first kappa shape index (κ1) is 18.3. The van der Waals surface area contributed by atoms with Crippen LogP contribution in [0, 0.1) is 0 Å². The zero-order valence-corrected chi connectivity index (χ0v) is 15.2. The van der Waals surface area contributed by atoms with Crippen molar-refractivity contribution in [3.8, 4) is 0 Å². The average Bonchev–Trinajstić information content (AvgIpc) is 2.59. The fraction of sp³-hybridized carbons (Fsp3) is 0.421. The van der Waals surface area contributed by atoms with Gasteiger partial charge in [0.25, 0.3) is 0 Å². The highest BCUT2D eigenvalue weighted by molar-refractivity contribution is 7.95. The second-order valence-corrected chi connectivity index (χ2v) is 9.19. The van der Waals surface area contributed by atoms with Gasteiger partial charge in [-0.2, -0.15) is 13.2 Å². The Bertz CT molecular complexity index is 972. The number of hydrogen-bond donors (Lipinski definition) is 1. The molecule has 4 rings (SSSR count). The minimum atomic E-state index is -4.47. The van der Waals surface area contributed by atoms with Gasteiger partial charge in [0.05, 0.1) is 22.1 Å². The Hall–Kier alpha value is -2.09. The van der Waals surface area contributed by atoms with Gasteiger partial charge in [-0.05, 0) is 43.4 Å². The van der Waals surface area contributed by atoms with Gasteiger partial charge in [0.2, 0.25) is 0 Å². The summed E-state index contributed by atoms with van der Waals surface area (Å²) in [5.74, 6) is -0.973. The Morgan fingerprint density at radius 1 is 0.963 bits per heavy atom. The van der Waals surface area contributed by atoms with E-state index in [9.17, 15) is 26.4 Å². The third-order valence-corrected chi connectivity index (χ3v) is 7.33. The number of halogens is 3. The first-order valence-corrected chi connectivity index (χ1v) is 10.5. The molecule has 0 spiro atoms. The fourth-order valence-corrected chi connectivity index (χ4v) is 6.05. The zero-order chi connectivity index (χ0) is 19.4. The number of ketones is 1. The number of alkyl halides is 3. The van der Waals surface area contributed by atoms with Crippen LogP contribution in [0.4, 0.5) is 13.2 Å². The number of carbonyl (C=O) groups is 1. The van der Waals surface area contributed by atoms with Crippen molar-refractivity contribution in [1.29, 1.82) is 0 Å². The summed E-state index contributed by atoms with van der Waals surface area (Å²) in [6, 6.07) is 4.47. The summed E-state index contributed by atoms with van der Waals surface area (Å²) in [5.41, 5.74) is 1.30. The van der Waals surface area contributed by atoms with Gasteiger partial charge in [-0.3, -0.25) is 4.79 Å². The number of allylic oxidation sites excluding steroid dienone is 4. The van der Waals surface area contributed by atoms with E-state index in [0.29, 0.717) is 54.6 Å². The highest BCUT2D eigenvalue weighted by Gasteiger charge is 2.43. The number of sulfone groups is 1. The standard InChI is InChI=1S/C19H18F3NO3S/c20-19(21,22)12-8-6-11(7-9-12)16-17-13(3-1-5-15(17)24)23-14-4-2-10-27(25,26)18(14)16/h6-9,16,23H,1-5,10H2. The lowest BCUT2D eigenvalue weighted by Gasteiger charge is -2.37. The molecule has 8 heteroatoms. The molecule has 0 radical (unpaired) electrons. The third-order valence-electron chi connectivity index (χ3n) is 5.35. The maximum Gasteiger partial charge on any atom is 0.416 e. The van der Waals surface area contributed by atoms with Gasteiger partial charge in [0.1, 0.15) is 0 Å². The molecule has 27 heavy (non-hydrogen) atoms. The highest BCUT2D eigenvalue weighted by atomic mass is 32.2. The first-order valence-electron chi connectivity index (χ1n) is 8.85. The van der Waals surface area contributed by atoms with Crippen LogP contribution in [0.5, 0.6) is 0 Å². The van der Waals surface area contributed by atoms with E-state index in [1.807, 2.05) is 0 Å². The molecule has 0 bridgehead atoms. The van der Waals surface area contributed by atoms with E-state index in [4.69, 9.17) is 0 Å². The zero-order valence-electron chi connectivity index (χ0n) is 14.4. The van der Waals surface area contributed by atoms with E-state index in [0.717, 1.165) is 12.1 Å². The van der Waals surface area contributed by atoms with Crippen molar-refractivity contribution in [2.75, 3.05) is 5.75 Å². The summed E-state index contributed by atoms with van der Waals surface area (Å²) in [6.07, 6.45) is -1.80. The van der Waals surface area contributed by atoms with Gasteiger partial charge >= 0.3 is 6.18 Å². The van der Waals surface area contributed by atoms with Crippen LogP contribution in [-0.4, -0.2) is 20.0 Å². The molecule has 144 valence electrons. The average molecular weight is 397 g/mol. The number of rotatable bonds is 1. The Balaban J connectivity index is 1.89. The largest absolute Gasteiger partial charge is 0.416 e. The van der Waals surface area contributed by atoms with Crippen LogP contribution < -0.4 is 5.32 Å². The maximum atomic E-state index is 12.9. The highest BCUT2D eigenvalue weighted by Crippen LogP contribution is 2.47. The lowest BCUT2D eigenvalue weighted by molar-refractivity contribution is -0.137. The number of hydrogen-bond acceptors (Lipinski definition) is 4. The van der Waals surface area contributed by atoms with E-state index in [-0.39, 0.29) is 16.4 Å². The van der Waals surface area contributed by atoms with Crippen LogP contribution in [-0.2, 0) is 20.8 Å². The van der Waals surface area contributed by atoms with Gasteiger partial charge in [0, 0.05) is 23.4 Å². The topological polar surface area (TPSA) is 63.2 Å². The monoisotopic (exact) mass is 397 g/mol. The summed E-state index contributed by atoms with van der Waals surface area (Å²) in [4.78, 5) is 12.8. The molecule has 1 aromatic rings. The molecule has 2 aliphatic heterocycles. The molecule has 1 atom stereocenters. The Morgan fingerprint density at radius 2 is 1.63 bits per heavy atom. The van der Waals surface area contributed by atoms with E-state index in [1.165, 1.54) is 12.1 Å². The van der Waals surface area contributed by atoms with Crippen molar-refractivity contribution < 1.29 is 26.4 Å². The number of dihydropyridines is 1. The summed E-state index contributed by atoms with van der Waals surface area (Å²) >= 11 is 0. The van der Waals surface area contributed by atoms with Gasteiger partial charge < -0.3 is 5.32 Å². The van der Waals surface area contributed by atoms with Crippen molar-refractivity contribution in [2.24, 2.45) is 0 Å². The Kier molecular flexibility index (Phi) is 4.21.